The van der Waals surface area contributed by atoms with Crippen molar-refractivity contribution in [1.29, 1.82) is 0 Å². The van der Waals surface area contributed by atoms with E-state index in [0.29, 0.717) is 16.8 Å². The van der Waals surface area contributed by atoms with Crippen molar-refractivity contribution in [2.45, 2.75) is 6.92 Å². The first-order chi connectivity index (χ1) is 9.06. The quantitative estimate of drug-likeness (QED) is 0.878. The molecular formula is C15H12BrNO2. The maximum atomic E-state index is 12.2. The summed E-state index contributed by atoms with van der Waals surface area (Å²) in [4.78, 5) is 23.1. The van der Waals surface area contributed by atoms with Gasteiger partial charge in [0.2, 0.25) is 5.91 Å². The first kappa shape index (κ1) is 13.5. The summed E-state index contributed by atoms with van der Waals surface area (Å²) in [5.74, 6) is -0.172. The zero-order valence-corrected chi connectivity index (χ0v) is 11.9. The lowest BCUT2D eigenvalue weighted by molar-refractivity contribution is -0.114. The number of hydrogen-bond acceptors (Lipinski definition) is 2. The van der Waals surface area contributed by atoms with Gasteiger partial charge in [0.1, 0.15) is 0 Å². The molecule has 19 heavy (non-hydrogen) atoms. The second-order valence-corrected chi connectivity index (χ2v) is 5.01. The van der Waals surface area contributed by atoms with Crippen LogP contribution in [-0.4, -0.2) is 11.7 Å². The maximum Gasteiger partial charge on any atom is 0.221 e. The van der Waals surface area contributed by atoms with Gasteiger partial charge in [-0.25, -0.2) is 0 Å². The van der Waals surface area contributed by atoms with E-state index in [-0.39, 0.29) is 11.7 Å². The zero-order valence-electron chi connectivity index (χ0n) is 10.3. The number of benzene rings is 2. The number of hydrogen-bond donors (Lipinski definition) is 1. The van der Waals surface area contributed by atoms with Crippen LogP contribution in [0.25, 0.3) is 0 Å². The van der Waals surface area contributed by atoms with Gasteiger partial charge in [-0.3, -0.25) is 9.59 Å². The molecule has 0 fully saturated rings. The average Bonchev–Trinajstić information content (AvgIpc) is 2.39. The molecule has 0 aliphatic carbocycles. The normalized spacial score (nSPS) is 10.0. The van der Waals surface area contributed by atoms with Gasteiger partial charge < -0.3 is 5.32 Å². The summed E-state index contributed by atoms with van der Waals surface area (Å²) in [6, 6.07) is 14.0. The van der Waals surface area contributed by atoms with Crippen LogP contribution in [0.2, 0.25) is 0 Å². The molecule has 0 heterocycles. The summed E-state index contributed by atoms with van der Waals surface area (Å²) in [7, 11) is 0. The first-order valence-corrected chi connectivity index (χ1v) is 6.53. The Kier molecular flexibility index (Phi) is 4.12. The van der Waals surface area contributed by atoms with Crippen LogP contribution in [0, 0.1) is 0 Å². The van der Waals surface area contributed by atoms with Crippen molar-refractivity contribution in [1.82, 2.24) is 0 Å². The van der Waals surface area contributed by atoms with Crippen LogP contribution < -0.4 is 5.32 Å². The average molecular weight is 318 g/mol. The van der Waals surface area contributed by atoms with Crippen LogP contribution in [-0.2, 0) is 4.79 Å². The van der Waals surface area contributed by atoms with Crippen molar-refractivity contribution in [3.8, 4) is 0 Å². The minimum absolute atomic E-state index is 0.0399. The van der Waals surface area contributed by atoms with Crippen molar-refractivity contribution in [2.24, 2.45) is 0 Å². The van der Waals surface area contributed by atoms with E-state index in [9.17, 15) is 9.59 Å². The summed E-state index contributed by atoms with van der Waals surface area (Å²) < 4.78 is 0.935. The number of anilines is 1. The number of amides is 1. The van der Waals surface area contributed by atoms with Crippen LogP contribution in [0.3, 0.4) is 0 Å². The summed E-state index contributed by atoms with van der Waals surface area (Å²) in [5.41, 5.74) is 1.91. The Hall–Kier alpha value is -1.94. The molecule has 0 bridgehead atoms. The molecule has 0 spiro atoms. The van der Waals surface area contributed by atoms with E-state index < -0.39 is 0 Å². The number of carbonyl (C=O) groups is 2. The molecule has 0 aliphatic rings. The van der Waals surface area contributed by atoms with Gasteiger partial charge in [0, 0.05) is 28.2 Å². The highest BCUT2D eigenvalue weighted by molar-refractivity contribution is 9.10. The maximum absolute atomic E-state index is 12.2. The van der Waals surface area contributed by atoms with Crippen molar-refractivity contribution < 1.29 is 9.59 Å². The lowest BCUT2D eigenvalue weighted by Crippen LogP contribution is -2.06. The predicted octanol–water partition coefficient (Wildman–Crippen LogP) is 3.64. The molecular weight excluding hydrogens is 306 g/mol. The van der Waals surface area contributed by atoms with E-state index in [2.05, 4.69) is 21.2 Å². The predicted molar refractivity (Wildman–Crippen MR) is 78.3 cm³/mol. The minimum Gasteiger partial charge on any atom is -0.326 e. The molecule has 0 atom stereocenters. The van der Waals surface area contributed by atoms with Gasteiger partial charge in [0.25, 0.3) is 0 Å². The molecule has 4 heteroatoms. The fourth-order valence-electron chi connectivity index (χ4n) is 1.68. The van der Waals surface area contributed by atoms with Crippen LogP contribution in [0.4, 0.5) is 5.69 Å². The number of halogens is 1. The standard InChI is InChI=1S/C15H12BrNO2/c1-10(18)17-14-8-4-12(5-9-14)15(19)11-2-6-13(16)7-3-11/h2-9H,1H3,(H,17,18). The topological polar surface area (TPSA) is 46.2 Å². The molecule has 0 unspecified atom stereocenters. The van der Waals surface area contributed by atoms with E-state index in [1.165, 1.54) is 6.92 Å². The van der Waals surface area contributed by atoms with Gasteiger partial charge in [-0.2, -0.15) is 0 Å². The van der Waals surface area contributed by atoms with E-state index in [1.807, 2.05) is 12.1 Å². The summed E-state index contributed by atoms with van der Waals surface area (Å²) in [6.07, 6.45) is 0. The van der Waals surface area contributed by atoms with Crippen molar-refractivity contribution in [3.05, 3.63) is 64.1 Å². The number of nitrogens with one attached hydrogen (secondary N) is 1. The van der Waals surface area contributed by atoms with E-state index in [0.717, 1.165) is 4.47 Å². The number of carbonyl (C=O) groups excluding carboxylic acids is 2. The third-order valence-corrected chi connectivity index (χ3v) is 3.10. The zero-order chi connectivity index (χ0) is 13.8. The Balaban J connectivity index is 2.20. The Bertz CT molecular complexity index is 603. The molecule has 1 amide bonds. The van der Waals surface area contributed by atoms with Gasteiger partial charge in [-0.05, 0) is 48.5 Å². The Labute approximate surface area is 119 Å². The van der Waals surface area contributed by atoms with Crippen LogP contribution in [0.15, 0.2) is 53.0 Å². The van der Waals surface area contributed by atoms with Gasteiger partial charge >= 0.3 is 0 Å². The highest BCUT2D eigenvalue weighted by Crippen LogP contribution is 2.16. The minimum atomic E-state index is -0.132. The van der Waals surface area contributed by atoms with E-state index >= 15 is 0 Å². The molecule has 96 valence electrons. The van der Waals surface area contributed by atoms with Gasteiger partial charge in [-0.1, -0.05) is 15.9 Å². The van der Waals surface area contributed by atoms with Gasteiger partial charge in [0.05, 0.1) is 0 Å². The van der Waals surface area contributed by atoms with Crippen LogP contribution in [0.5, 0.6) is 0 Å². The third-order valence-electron chi connectivity index (χ3n) is 2.57. The first-order valence-electron chi connectivity index (χ1n) is 5.74. The van der Waals surface area contributed by atoms with Crippen LogP contribution in [0.1, 0.15) is 22.8 Å². The summed E-state index contributed by atoms with van der Waals surface area (Å²) in [6.45, 7) is 1.45. The molecule has 2 aromatic carbocycles. The van der Waals surface area contributed by atoms with Crippen molar-refractivity contribution in [2.75, 3.05) is 5.32 Å². The van der Waals surface area contributed by atoms with E-state index in [4.69, 9.17) is 0 Å². The lowest BCUT2D eigenvalue weighted by atomic mass is 10.0. The van der Waals surface area contributed by atoms with Crippen molar-refractivity contribution in [3.63, 3.8) is 0 Å². The fraction of sp³-hybridized carbons (Fsp3) is 0.0667. The van der Waals surface area contributed by atoms with Gasteiger partial charge in [-0.15, -0.1) is 0 Å². The Morgan fingerprint density at radius 3 is 1.84 bits per heavy atom. The monoisotopic (exact) mass is 317 g/mol. The second-order valence-electron chi connectivity index (χ2n) is 4.09. The summed E-state index contributed by atoms with van der Waals surface area (Å²) in [5, 5.41) is 2.66. The molecule has 1 N–H and O–H groups in total. The third kappa shape index (κ3) is 3.51. The Morgan fingerprint density at radius 1 is 0.895 bits per heavy atom. The molecule has 2 aromatic rings. The van der Waals surface area contributed by atoms with Crippen LogP contribution >= 0.6 is 15.9 Å². The molecule has 0 saturated heterocycles. The number of rotatable bonds is 3. The highest BCUT2D eigenvalue weighted by Gasteiger charge is 2.08. The fourth-order valence-corrected chi connectivity index (χ4v) is 1.94. The smallest absolute Gasteiger partial charge is 0.221 e. The Morgan fingerprint density at radius 2 is 1.37 bits per heavy atom. The largest absolute Gasteiger partial charge is 0.326 e. The van der Waals surface area contributed by atoms with Gasteiger partial charge in [0.15, 0.2) is 5.78 Å². The number of ketones is 1. The molecule has 0 saturated carbocycles. The molecule has 0 aromatic heterocycles. The summed E-state index contributed by atoms with van der Waals surface area (Å²) >= 11 is 3.33. The molecule has 2 rings (SSSR count). The molecule has 0 radical (unpaired) electrons. The SMILES string of the molecule is CC(=O)Nc1ccc(C(=O)c2ccc(Br)cc2)cc1. The lowest BCUT2D eigenvalue weighted by Gasteiger charge is -2.04. The van der Waals surface area contributed by atoms with Crippen molar-refractivity contribution >= 4 is 33.3 Å². The molecule has 3 nitrogen and oxygen atoms in total. The van der Waals surface area contributed by atoms with E-state index in [1.54, 1.807) is 36.4 Å². The highest BCUT2D eigenvalue weighted by atomic mass is 79.9. The second kappa shape index (κ2) is 5.80. The molecule has 0 aliphatic heterocycles.